The summed E-state index contributed by atoms with van der Waals surface area (Å²) in [5.41, 5.74) is 0. The van der Waals surface area contributed by atoms with Gasteiger partial charge in [0.1, 0.15) is 6.67 Å². The van der Waals surface area contributed by atoms with Crippen molar-refractivity contribution in [3.8, 4) is 0 Å². The summed E-state index contributed by atoms with van der Waals surface area (Å²) in [4.78, 5) is 29.8. The van der Waals surface area contributed by atoms with E-state index in [-0.39, 0.29) is 37.2 Å². The minimum Gasteiger partial charge on any atom is -0.340 e. The minimum atomic E-state index is -0.537. The van der Waals surface area contributed by atoms with Gasteiger partial charge in [-0.1, -0.05) is 0 Å². The molecule has 0 spiro atoms. The van der Waals surface area contributed by atoms with Crippen LogP contribution in [0.2, 0.25) is 0 Å². The summed E-state index contributed by atoms with van der Waals surface area (Å²) < 4.78 is 12.4. The molecule has 0 saturated carbocycles. The van der Waals surface area contributed by atoms with Gasteiger partial charge in [-0.2, -0.15) is 0 Å². The number of hydrogen-bond donors (Lipinski definition) is 1. The number of carbonyl (C=O) groups excluding carboxylic acids is 2. The number of carbonyl (C=O) groups is 2. The molecule has 2 aliphatic heterocycles. The maximum absolute atomic E-state index is 12.4. The first-order valence-corrected chi connectivity index (χ1v) is 7.16. The maximum atomic E-state index is 12.4. The maximum Gasteiger partial charge on any atom is 0.240 e. The Morgan fingerprint density at radius 3 is 2.57 bits per heavy atom. The third-order valence-corrected chi connectivity index (χ3v) is 3.97. The highest BCUT2D eigenvalue weighted by Crippen LogP contribution is 2.09. The van der Waals surface area contributed by atoms with Gasteiger partial charge in [-0.3, -0.25) is 9.59 Å². The molecule has 2 saturated heterocycles. The first-order chi connectivity index (χ1) is 9.61. The lowest BCUT2D eigenvalue weighted by Crippen LogP contribution is -2.57. The summed E-state index contributed by atoms with van der Waals surface area (Å²) in [5.74, 6) is -0.151. The predicted octanol–water partition coefficient (Wildman–Crippen LogP) is -0.658. The molecular formula is C13H24ClFN4O2. The lowest BCUT2D eigenvalue weighted by molar-refractivity contribution is -0.141. The van der Waals surface area contributed by atoms with Crippen molar-refractivity contribution in [3.05, 3.63) is 0 Å². The SMILES string of the molecule is CN1CCN(C(=O)CC2NCCN(CCF)C2=O)CC1.Cl. The average Bonchev–Trinajstić information content (AvgIpc) is 2.44. The Bertz CT molecular complexity index is 362. The summed E-state index contributed by atoms with van der Waals surface area (Å²) in [6.45, 7) is 3.88. The van der Waals surface area contributed by atoms with Gasteiger partial charge in [0.25, 0.3) is 0 Å². The van der Waals surface area contributed by atoms with Crippen molar-refractivity contribution in [1.82, 2.24) is 20.0 Å². The van der Waals surface area contributed by atoms with Crippen LogP contribution in [-0.4, -0.2) is 92.1 Å². The number of halogens is 2. The largest absolute Gasteiger partial charge is 0.340 e. The number of nitrogens with zero attached hydrogens (tertiary/aromatic N) is 3. The zero-order valence-electron chi connectivity index (χ0n) is 12.4. The van der Waals surface area contributed by atoms with Gasteiger partial charge >= 0.3 is 0 Å². The molecule has 122 valence electrons. The second-order valence-corrected chi connectivity index (χ2v) is 5.41. The molecule has 2 heterocycles. The highest BCUT2D eigenvalue weighted by molar-refractivity contribution is 5.89. The number of nitrogens with one attached hydrogen (secondary N) is 1. The lowest BCUT2D eigenvalue weighted by Gasteiger charge is -2.35. The lowest BCUT2D eigenvalue weighted by atomic mass is 10.1. The second kappa shape index (κ2) is 8.51. The van der Waals surface area contributed by atoms with Crippen LogP contribution in [-0.2, 0) is 9.59 Å². The van der Waals surface area contributed by atoms with E-state index in [4.69, 9.17) is 0 Å². The van der Waals surface area contributed by atoms with Crippen LogP contribution in [0, 0.1) is 0 Å². The molecule has 1 atom stereocenters. The van der Waals surface area contributed by atoms with Gasteiger partial charge in [-0.15, -0.1) is 12.4 Å². The molecule has 1 N–H and O–H groups in total. The van der Waals surface area contributed by atoms with Gasteiger partial charge < -0.3 is 20.0 Å². The number of likely N-dealkylation sites (N-methyl/N-ethyl adjacent to an activating group) is 1. The van der Waals surface area contributed by atoms with Crippen LogP contribution < -0.4 is 5.32 Å². The molecule has 2 aliphatic rings. The van der Waals surface area contributed by atoms with Crippen LogP contribution in [0.1, 0.15) is 6.42 Å². The number of hydrogen-bond acceptors (Lipinski definition) is 4. The summed E-state index contributed by atoms with van der Waals surface area (Å²) in [6.07, 6.45) is 0.172. The van der Waals surface area contributed by atoms with Gasteiger partial charge in [-0.05, 0) is 7.05 Å². The van der Waals surface area contributed by atoms with Crippen molar-refractivity contribution in [2.45, 2.75) is 12.5 Å². The van der Waals surface area contributed by atoms with Crippen LogP contribution in [0.25, 0.3) is 0 Å². The van der Waals surface area contributed by atoms with E-state index in [9.17, 15) is 14.0 Å². The first kappa shape index (κ1) is 18.1. The number of amides is 2. The summed E-state index contributed by atoms with van der Waals surface area (Å²) in [5, 5.41) is 3.06. The third-order valence-electron chi connectivity index (χ3n) is 3.97. The van der Waals surface area contributed by atoms with Crippen LogP contribution in [0.3, 0.4) is 0 Å². The summed E-state index contributed by atoms with van der Waals surface area (Å²) in [7, 11) is 2.03. The molecule has 2 fully saturated rings. The van der Waals surface area contributed by atoms with E-state index in [2.05, 4.69) is 10.2 Å². The van der Waals surface area contributed by atoms with Crippen molar-refractivity contribution < 1.29 is 14.0 Å². The highest BCUT2D eigenvalue weighted by Gasteiger charge is 2.31. The van der Waals surface area contributed by atoms with Crippen molar-refractivity contribution in [3.63, 3.8) is 0 Å². The molecule has 8 heteroatoms. The Hall–Kier alpha value is -0.920. The number of piperazine rings is 2. The van der Waals surface area contributed by atoms with E-state index >= 15 is 0 Å². The van der Waals surface area contributed by atoms with Crippen LogP contribution in [0.5, 0.6) is 0 Å². The monoisotopic (exact) mass is 322 g/mol. The molecule has 0 radical (unpaired) electrons. The third kappa shape index (κ3) is 4.79. The van der Waals surface area contributed by atoms with Crippen LogP contribution >= 0.6 is 12.4 Å². The zero-order chi connectivity index (χ0) is 14.5. The van der Waals surface area contributed by atoms with E-state index in [1.807, 2.05) is 11.9 Å². The molecule has 0 bridgehead atoms. The first-order valence-electron chi connectivity index (χ1n) is 7.16. The van der Waals surface area contributed by atoms with Crippen LogP contribution in [0.15, 0.2) is 0 Å². The van der Waals surface area contributed by atoms with E-state index in [0.29, 0.717) is 26.2 Å². The Kier molecular flexibility index (Phi) is 7.34. The average molecular weight is 323 g/mol. The standard InChI is InChI=1S/C13H23FN4O2.ClH/c1-16-6-8-17(9-7-16)12(19)10-11-13(20)18(4-2-14)5-3-15-11;/h11,15H,2-10H2,1H3;1H. The topological polar surface area (TPSA) is 55.9 Å². The Morgan fingerprint density at radius 1 is 1.29 bits per heavy atom. The summed E-state index contributed by atoms with van der Waals surface area (Å²) in [6, 6.07) is -0.498. The van der Waals surface area contributed by atoms with Crippen molar-refractivity contribution >= 4 is 24.2 Å². The van der Waals surface area contributed by atoms with Gasteiger partial charge in [0, 0.05) is 45.8 Å². The van der Waals surface area contributed by atoms with Crippen molar-refractivity contribution in [2.24, 2.45) is 0 Å². The molecule has 21 heavy (non-hydrogen) atoms. The molecule has 0 aromatic heterocycles. The number of alkyl halides is 1. The van der Waals surface area contributed by atoms with Gasteiger partial charge in [0.05, 0.1) is 12.5 Å². The molecule has 2 rings (SSSR count). The molecule has 6 nitrogen and oxygen atoms in total. The zero-order valence-corrected chi connectivity index (χ0v) is 13.2. The van der Waals surface area contributed by atoms with Gasteiger partial charge in [0.2, 0.25) is 11.8 Å². The smallest absolute Gasteiger partial charge is 0.240 e. The minimum absolute atomic E-state index is 0. The number of rotatable bonds is 4. The van der Waals surface area contributed by atoms with E-state index in [0.717, 1.165) is 13.1 Å². The van der Waals surface area contributed by atoms with E-state index in [1.54, 1.807) is 0 Å². The fourth-order valence-electron chi connectivity index (χ4n) is 2.63. The fraction of sp³-hybridized carbons (Fsp3) is 0.846. The fourth-order valence-corrected chi connectivity index (χ4v) is 2.63. The molecular weight excluding hydrogens is 299 g/mol. The van der Waals surface area contributed by atoms with Gasteiger partial charge in [0.15, 0.2) is 0 Å². The van der Waals surface area contributed by atoms with Crippen LogP contribution in [0.4, 0.5) is 4.39 Å². The molecule has 0 aromatic rings. The Balaban J connectivity index is 0.00000220. The summed E-state index contributed by atoms with van der Waals surface area (Å²) >= 11 is 0. The van der Waals surface area contributed by atoms with E-state index in [1.165, 1.54) is 4.90 Å². The molecule has 2 amide bonds. The van der Waals surface area contributed by atoms with E-state index < -0.39 is 12.7 Å². The normalized spacial score (nSPS) is 23.9. The Morgan fingerprint density at radius 2 is 1.95 bits per heavy atom. The quantitative estimate of drug-likeness (QED) is 0.747. The van der Waals surface area contributed by atoms with Gasteiger partial charge in [-0.25, -0.2) is 4.39 Å². The van der Waals surface area contributed by atoms with Crippen molar-refractivity contribution in [2.75, 3.05) is 59.5 Å². The van der Waals surface area contributed by atoms with Crippen molar-refractivity contribution in [1.29, 1.82) is 0 Å². The molecule has 0 aromatic carbocycles. The second-order valence-electron chi connectivity index (χ2n) is 5.41. The highest BCUT2D eigenvalue weighted by atomic mass is 35.5. The molecule has 0 aliphatic carbocycles. The molecule has 1 unspecified atom stereocenters. The predicted molar refractivity (Wildman–Crippen MR) is 80.3 cm³/mol. The Labute approximate surface area is 131 Å².